The van der Waals surface area contributed by atoms with Crippen LogP contribution >= 0.6 is 8.03 Å². The van der Waals surface area contributed by atoms with Gasteiger partial charge >= 0.3 is 8.03 Å². The van der Waals surface area contributed by atoms with Crippen LogP contribution in [-0.4, -0.2) is 6.61 Å². The molecule has 0 spiro atoms. The van der Waals surface area contributed by atoms with Crippen molar-refractivity contribution < 1.29 is 9.09 Å². The SMILES string of the molecule is C=C[P+](=O)OCCCCCCCC. The van der Waals surface area contributed by atoms with E-state index in [0.29, 0.717) is 6.61 Å². The second-order valence-electron chi connectivity index (χ2n) is 3.07. The maximum atomic E-state index is 10.8. The summed E-state index contributed by atoms with van der Waals surface area (Å²) in [5.74, 6) is 1.35. The Morgan fingerprint density at radius 2 is 1.85 bits per heavy atom. The van der Waals surface area contributed by atoms with Gasteiger partial charge in [-0.05, 0) is 17.6 Å². The van der Waals surface area contributed by atoms with Gasteiger partial charge in [-0.3, -0.25) is 0 Å². The molecule has 0 saturated carbocycles. The third-order valence-corrected chi connectivity index (χ3v) is 2.60. The first-order chi connectivity index (χ1) is 6.31. The van der Waals surface area contributed by atoms with E-state index in [4.69, 9.17) is 4.52 Å². The molecule has 0 amide bonds. The second-order valence-corrected chi connectivity index (χ2v) is 4.26. The highest BCUT2D eigenvalue weighted by Crippen LogP contribution is 2.22. The molecule has 76 valence electrons. The first-order valence-electron chi connectivity index (χ1n) is 5.03. The summed E-state index contributed by atoms with van der Waals surface area (Å²) in [7, 11) is -1.59. The molecule has 3 heteroatoms. The maximum absolute atomic E-state index is 10.8. The van der Waals surface area contributed by atoms with E-state index in [1.165, 1.54) is 37.9 Å². The molecule has 2 nitrogen and oxygen atoms in total. The van der Waals surface area contributed by atoms with Crippen LogP contribution in [0.25, 0.3) is 0 Å². The Kier molecular flexibility index (Phi) is 9.73. The van der Waals surface area contributed by atoms with Crippen molar-refractivity contribution in [3.05, 3.63) is 12.4 Å². The summed E-state index contributed by atoms with van der Waals surface area (Å²) >= 11 is 0. The van der Waals surface area contributed by atoms with Crippen molar-refractivity contribution in [1.29, 1.82) is 0 Å². The average molecular weight is 203 g/mol. The van der Waals surface area contributed by atoms with Gasteiger partial charge in [0.2, 0.25) is 0 Å². The first kappa shape index (κ1) is 12.8. The van der Waals surface area contributed by atoms with Crippen LogP contribution in [0.15, 0.2) is 12.4 Å². The molecular weight excluding hydrogens is 183 g/mol. The summed E-state index contributed by atoms with van der Waals surface area (Å²) in [6.07, 6.45) is 7.37. The van der Waals surface area contributed by atoms with Gasteiger partial charge in [-0.15, -0.1) is 4.52 Å². The van der Waals surface area contributed by atoms with Gasteiger partial charge in [-0.2, -0.15) is 0 Å². The summed E-state index contributed by atoms with van der Waals surface area (Å²) in [4.78, 5) is 0. The average Bonchev–Trinajstić information content (AvgIpc) is 2.16. The Morgan fingerprint density at radius 3 is 2.46 bits per heavy atom. The predicted octanol–water partition coefficient (Wildman–Crippen LogP) is 4.25. The van der Waals surface area contributed by atoms with Gasteiger partial charge in [-0.1, -0.05) is 39.0 Å². The first-order valence-corrected chi connectivity index (χ1v) is 6.27. The molecule has 0 radical (unpaired) electrons. The third-order valence-electron chi connectivity index (χ3n) is 1.87. The van der Waals surface area contributed by atoms with Crippen LogP contribution in [0.3, 0.4) is 0 Å². The van der Waals surface area contributed by atoms with E-state index >= 15 is 0 Å². The lowest BCUT2D eigenvalue weighted by Gasteiger charge is -1.96. The minimum absolute atomic E-state index is 0.605. The van der Waals surface area contributed by atoms with Gasteiger partial charge in [0.15, 0.2) is 5.82 Å². The van der Waals surface area contributed by atoms with E-state index in [2.05, 4.69) is 13.5 Å². The number of rotatable bonds is 9. The van der Waals surface area contributed by atoms with Gasteiger partial charge < -0.3 is 0 Å². The standard InChI is InChI=1S/C10H20O2P/c1-3-5-6-7-8-9-10-12-13(11)4-2/h4H,2-3,5-10H2,1H3/q+1. The molecule has 0 aromatic carbocycles. The van der Waals surface area contributed by atoms with E-state index in [0.717, 1.165) is 6.42 Å². The van der Waals surface area contributed by atoms with Crippen molar-refractivity contribution in [3.8, 4) is 0 Å². The molecule has 0 aromatic rings. The highest BCUT2D eigenvalue weighted by atomic mass is 31.1. The largest absolute Gasteiger partial charge is 0.540 e. The third kappa shape index (κ3) is 9.72. The smallest absolute Gasteiger partial charge is 0.142 e. The lowest BCUT2D eigenvalue weighted by molar-refractivity contribution is 0.320. The van der Waals surface area contributed by atoms with Crippen molar-refractivity contribution in [2.75, 3.05) is 6.61 Å². The molecule has 0 aromatic heterocycles. The minimum atomic E-state index is -1.59. The highest BCUT2D eigenvalue weighted by Gasteiger charge is 2.08. The number of unbranched alkanes of at least 4 members (excludes halogenated alkanes) is 5. The predicted molar refractivity (Wildman–Crippen MR) is 57.1 cm³/mol. The molecule has 0 heterocycles. The molecule has 0 saturated heterocycles. The van der Waals surface area contributed by atoms with Crippen molar-refractivity contribution in [1.82, 2.24) is 0 Å². The van der Waals surface area contributed by atoms with Crippen LogP contribution < -0.4 is 0 Å². The zero-order valence-electron chi connectivity index (χ0n) is 8.50. The van der Waals surface area contributed by atoms with E-state index in [-0.39, 0.29) is 0 Å². The van der Waals surface area contributed by atoms with E-state index < -0.39 is 8.03 Å². The molecule has 0 bridgehead atoms. The molecule has 0 N–H and O–H groups in total. The van der Waals surface area contributed by atoms with Crippen LogP contribution in [0.2, 0.25) is 0 Å². The molecule has 0 aliphatic heterocycles. The van der Waals surface area contributed by atoms with Crippen molar-refractivity contribution in [2.24, 2.45) is 0 Å². The Bertz CT molecular complexity index is 146. The molecule has 1 unspecified atom stereocenters. The fourth-order valence-corrected chi connectivity index (χ4v) is 1.50. The minimum Gasteiger partial charge on any atom is -0.142 e. The zero-order chi connectivity index (χ0) is 9.94. The van der Waals surface area contributed by atoms with Crippen LogP contribution in [-0.2, 0) is 9.09 Å². The van der Waals surface area contributed by atoms with Crippen LogP contribution in [0, 0.1) is 0 Å². The molecule has 0 rings (SSSR count). The van der Waals surface area contributed by atoms with Gasteiger partial charge in [0.25, 0.3) is 0 Å². The van der Waals surface area contributed by atoms with E-state index in [9.17, 15) is 4.57 Å². The zero-order valence-corrected chi connectivity index (χ0v) is 9.39. The quantitative estimate of drug-likeness (QED) is 0.413. The van der Waals surface area contributed by atoms with E-state index in [1.54, 1.807) is 0 Å². The highest BCUT2D eigenvalue weighted by molar-refractivity contribution is 7.42. The number of hydrogen-bond donors (Lipinski definition) is 0. The lowest BCUT2D eigenvalue weighted by Crippen LogP contribution is -1.86. The Morgan fingerprint density at radius 1 is 1.23 bits per heavy atom. The molecule has 0 aliphatic rings. The van der Waals surface area contributed by atoms with Crippen LogP contribution in [0.1, 0.15) is 45.4 Å². The normalized spacial score (nSPS) is 11.3. The van der Waals surface area contributed by atoms with Crippen LogP contribution in [0.5, 0.6) is 0 Å². The number of hydrogen-bond acceptors (Lipinski definition) is 2. The maximum Gasteiger partial charge on any atom is 0.540 e. The van der Waals surface area contributed by atoms with Crippen molar-refractivity contribution in [2.45, 2.75) is 45.4 Å². The van der Waals surface area contributed by atoms with Crippen molar-refractivity contribution in [3.63, 3.8) is 0 Å². The van der Waals surface area contributed by atoms with E-state index in [1.807, 2.05) is 0 Å². The van der Waals surface area contributed by atoms with Gasteiger partial charge in [0, 0.05) is 0 Å². The topological polar surface area (TPSA) is 26.3 Å². The summed E-state index contributed by atoms with van der Waals surface area (Å²) < 4.78 is 15.7. The van der Waals surface area contributed by atoms with Gasteiger partial charge in [0.1, 0.15) is 6.61 Å². The second kappa shape index (κ2) is 9.88. The van der Waals surface area contributed by atoms with Crippen molar-refractivity contribution >= 4 is 8.03 Å². The summed E-state index contributed by atoms with van der Waals surface area (Å²) in [5.41, 5.74) is 0. The summed E-state index contributed by atoms with van der Waals surface area (Å²) in [6, 6.07) is 0. The Hall–Kier alpha value is -0.200. The fourth-order valence-electron chi connectivity index (χ4n) is 1.09. The molecule has 13 heavy (non-hydrogen) atoms. The van der Waals surface area contributed by atoms with Crippen LogP contribution in [0.4, 0.5) is 0 Å². The molecular formula is C10H20O2P+. The Balaban J connectivity index is 2.99. The van der Waals surface area contributed by atoms with Gasteiger partial charge in [-0.25, -0.2) is 0 Å². The monoisotopic (exact) mass is 203 g/mol. The molecule has 0 fully saturated rings. The fraction of sp³-hybridized carbons (Fsp3) is 0.800. The Labute approximate surface area is 82.2 Å². The summed E-state index contributed by atoms with van der Waals surface area (Å²) in [5, 5.41) is 0. The molecule has 0 aliphatic carbocycles. The molecule has 1 atom stereocenters. The summed E-state index contributed by atoms with van der Waals surface area (Å²) in [6.45, 7) is 6.20. The van der Waals surface area contributed by atoms with Gasteiger partial charge in [0.05, 0.1) is 0 Å². The lowest BCUT2D eigenvalue weighted by atomic mass is 10.1.